The molecule has 0 saturated heterocycles. The molecule has 0 unspecified atom stereocenters. The second-order valence-electron chi connectivity index (χ2n) is 1.55. The number of aromatic amines is 1. The van der Waals surface area contributed by atoms with E-state index in [1.165, 1.54) is 6.33 Å². The van der Waals surface area contributed by atoms with E-state index in [4.69, 9.17) is 17.3 Å². The maximum atomic E-state index is 8.45. The summed E-state index contributed by atoms with van der Waals surface area (Å²) in [5.41, 5.74) is 0. The van der Waals surface area contributed by atoms with Crippen molar-refractivity contribution in [2.75, 3.05) is 6.61 Å². The number of rotatable bonds is 2. The number of aliphatic hydroxyl groups is 1. The highest BCUT2D eigenvalue weighted by atomic mass is 32.1. The fourth-order valence-corrected chi connectivity index (χ4v) is 0.736. The lowest BCUT2D eigenvalue weighted by atomic mass is 10.7. The van der Waals surface area contributed by atoms with Crippen LogP contribution in [0.15, 0.2) is 6.33 Å². The smallest absolute Gasteiger partial charge is 0.215 e. The number of nitrogens with one attached hydrogen (secondary N) is 1. The fourth-order valence-electron chi connectivity index (χ4n) is 0.539. The van der Waals surface area contributed by atoms with Gasteiger partial charge in [-0.2, -0.15) is 0 Å². The summed E-state index contributed by atoms with van der Waals surface area (Å²) in [6.45, 7) is 0.565. The topological polar surface area (TPSA) is 53.8 Å². The molecule has 9 heavy (non-hydrogen) atoms. The van der Waals surface area contributed by atoms with Gasteiger partial charge >= 0.3 is 0 Å². The molecule has 2 N–H and O–H groups in total. The lowest BCUT2D eigenvalue weighted by Crippen LogP contribution is -2.03. The van der Waals surface area contributed by atoms with Crippen LogP contribution in [0.25, 0.3) is 0 Å². The van der Waals surface area contributed by atoms with Crippen LogP contribution in [0.1, 0.15) is 0 Å². The molecule has 0 amide bonds. The molecule has 4 nitrogen and oxygen atoms in total. The van der Waals surface area contributed by atoms with Crippen molar-refractivity contribution in [1.82, 2.24) is 14.8 Å². The molecule has 0 radical (unpaired) electrons. The Kier molecular flexibility index (Phi) is 1.96. The van der Waals surface area contributed by atoms with E-state index in [9.17, 15) is 0 Å². The Bertz CT molecular complexity index is 228. The molecular formula is C4H7N3OS. The number of aliphatic hydroxyl groups excluding tert-OH is 1. The van der Waals surface area contributed by atoms with Gasteiger partial charge in [-0.15, -0.1) is 0 Å². The first-order chi connectivity index (χ1) is 4.34. The molecular weight excluding hydrogens is 138 g/mol. The molecule has 1 rings (SSSR count). The Hall–Kier alpha value is -0.680. The molecule has 0 aliphatic heterocycles. The summed E-state index contributed by atoms with van der Waals surface area (Å²) in [5, 5.41) is 11.2. The van der Waals surface area contributed by atoms with Crippen molar-refractivity contribution in [3.8, 4) is 0 Å². The van der Waals surface area contributed by atoms with Crippen LogP contribution in [0.5, 0.6) is 0 Å². The van der Waals surface area contributed by atoms with Gasteiger partial charge in [0.05, 0.1) is 13.2 Å². The molecule has 1 aromatic rings. The fraction of sp³-hybridized carbons (Fsp3) is 0.500. The van der Waals surface area contributed by atoms with E-state index in [1.54, 1.807) is 4.68 Å². The zero-order chi connectivity index (χ0) is 6.69. The van der Waals surface area contributed by atoms with Crippen molar-refractivity contribution in [1.29, 1.82) is 0 Å². The third-order valence-electron chi connectivity index (χ3n) is 0.943. The summed E-state index contributed by atoms with van der Waals surface area (Å²) in [5.74, 6) is 0. The third kappa shape index (κ3) is 1.36. The van der Waals surface area contributed by atoms with Crippen molar-refractivity contribution in [3.63, 3.8) is 0 Å². The summed E-state index contributed by atoms with van der Waals surface area (Å²) >= 11 is 4.76. The van der Waals surface area contributed by atoms with E-state index < -0.39 is 0 Å². The minimum atomic E-state index is 0.0799. The molecule has 1 aromatic heterocycles. The predicted molar refractivity (Wildman–Crippen MR) is 34.5 cm³/mol. The van der Waals surface area contributed by atoms with E-state index in [0.717, 1.165) is 0 Å². The molecule has 0 atom stereocenters. The van der Waals surface area contributed by atoms with Gasteiger partial charge in [-0.25, -0.2) is 4.98 Å². The highest BCUT2D eigenvalue weighted by Gasteiger charge is 1.88. The van der Waals surface area contributed by atoms with E-state index in [1.807, 2.05) is 0 Å². The largest absolute Gasteiger partial charge is 0.394 e. The van der Waals surface area contributed by atoms with E-state index in [2.05, 4.69) is 10.1 Å². The minimum Gasteiger partial charge on any atom is -0.394 e. The number of aromatic nitrogens is 3. The highest BCUT2D eigenvalue weighted by Crippen LogP contribution is 1.82. The van der Waals surface area contributed by atoms with Crippen LogP contribution in [-0.4, -0.2) is 26.5 Å². The first-order valence-electron chi connectivity index (χ1n) is 2.55. The van der Waals surface area contributed by atoms with Gasteiger partial charge in [-0.1, -0.05) is 0 Å². The average Bonchev–Trinajstić information content (AvgIpc) is 2.18. The molecule has 0 spiro atoms. The van der Waals surface area contributed by atoms with Crippen molar-refractivity contribution in [2.24, 2.45) is 0 Å². The zero-order valence-electron chi connectivity index (χ0n) is 4.74. The van der Waals surface area contributed by atoms with Gasteiger partial charge < -0.3 is 5.11 Å². The number of hydrogen-bond acceptors (Lipinski definition) is 3. The molecule has 50 valence electrons. The van der Waals surface area contributed by atoms with Crippen molar-refractivity contribution in [2.45, 2.75) is 6.54 Å². The summed E-state index contributed by atoms with van der Waals surface area (Å²) in [4.78, 5) is 3.75. The maximum absolute atomic E-state index is 8.45. The van der Waals surface area contributed by atoms with Crippen molar-refractivity contribution < 1.29 is 5.11 Å². The van der Waals surface area contributed by atoms with E-state index >= 15 is 0 Å². The normalized spacial score (nSPS) is 9.89. The van der Waals surface area contributed by atoms with Gasteiger partial charge in [0.2, 0.25) is 4.77 Å². The summed E-state index contributed by atoms with van der Waals surface area (Å²) in [6, 6.07) is 0. The summed E-state index contributed by atoms with van der Waals surface area (Å²) in [7, 11) is 0. The zero-order valence-corrected chi connectivity index (χ0v) is 5.56. The SMILES string of the molecule is OCCn1[nH]cnc1=S. The first-order valence-corrected chi connectivity index (χ1v) is 2.96. The van der Waals surface area contributed by atoms with Gasteiger partial charge in [-0.3, -0.25) is 9.78 Å². The molecule has 0 saturated carbocycles. The molecule has 0 aromatic carbocycles. The molecule has 5 heteroatoms. The van der Waals surface area contributed by atoms with Crippen LogP contribution < -0.4 is 0 Å². The monoisotopic (exact) mass is 145 g/mol. The number of hydrogen-bond donors (Lipinski definition) is 2. The molecule has 0 bridgehead atoms. The van der Waals surface area contributed by atoms with Gasteiger partial charge in [0, 0.05) is 0 Å². The van der Waals surface area contributed by atoms with Crippen LogP contribution in [0.4, 0.5) is 0 Å². The second-order valence-corrected chi connectivity index (χ2v) is 1.91. The van der Waals surface area contributed by atoms with Crippen molar-refractivity contribution >= 4 is 12.2 Å². The quantitative estimate of drug-likeness (QED) is 0.573. The van der Waals surface area contributed by atoms with Crippen LogP contribution in [0.3, 0.4) is 0 Å². The van der Waals surface area contributed by atoms with Crippen molar-refractivity contribution in [3.05, 3.63) is 11.1 Å². The predicted octanol–water partition coefficient (Wildman–Crippen LogP) is -0.0670. The minimum absolute atomic E-state index is 0.0799. The van der Waals surface area contributed by atoms with Crippen LogP contribution in [0, 0.1) is 4.77 Å². The average molecular weight is 145 g/mol. The first kappa shape index (κ1) is 6.44. The second kappa shape index (κ2) is 2.75. The lowest BCUT2D eigenvalue weighted by molar-refractivity contribution is 0.268. The Morgan fingerprint density at radius 3 is 3.11 bits per heavy atom. The van der Waals surface area contributed by atoms with Gasteiger partial charge in [-0.05, 0) is 12.2 Å². The standard InChI is InChI=1S/C4H7N3OS/c8-2-1-7-4(9)5-3-6-7/h3,8H,1-2H2,(H,5,6,9). The molecule has 0 aliphatic carbocycles. The number of nitrogens with zero attached hydrogens (tertiary/aromatic N) is 2. The van der Waals surface area contributed by atoms with Gasteiger partial charge in [0.15, 0.2) is 0 Å². The maximum Gasteiger partial charge on any atom is 0.215 e. The Labute approximate surface area is 57.1 Å². The molecule has 0 aliphatic rings. The van der Waals surface area contributed by atoms with E-state index in [0.29, 0.717) is 11.3 Å². The Morgan fingerprint density at radius 1 is 1.89 bits per heavy atom. The Morgan fingerprint density at radius 2 is 2.67 bits per heavy atom. The summed E-state index contributed by atoms with van der Waals surface area (Å²) < 4.78 is 2.07. The van der Waals surface area contributed by atoms with Gasteiger partial charge in [0.1, 0.15) is 6.33 Å². The summed E-state index contributed by atoms with van der Waals surface area (Å²) in [6.07, 6.45) is 1.50. The highest BCUT2D eigenvalue weighted by molar-refractivity contribution is 7.71. The van der Waals surface area contributed by atoms with Crippen LogP contribution in [-0.2, 0) is 6.54 Å². The van der Waals surface area contributed by atoms with E-state index in [-0.39, 0.29) is 6.61 Å². The molecule has 1 heterocycles. The van der Waals surface area contributed by atoms with Crippen LogP contribution in [0.2, 0.25) is 0 Å². The van der Waals surface area contributed by atoms with Gasteiger partial charge in [0.25, 0.3) is 0 Å². The Balaban J connectivity index is 2.81. The lowest BCUT2D eigenvalue weighted by Gasteiger charge is -1.93. The number of H-pyrrole nitrogens is 1. The van der Waals surface area contributed by atoms with Crippen LogP contribution >= 0.6 is 12.2 Å². The third-order valence-corrected chi connectivity index (χ3v) is 1.27. The molecule has 0 fully saturated rings.